The van der Waals surface area contributed by atoms with Gasteiger partial charge in [0.25, 0.3) is 0 Å². The quantitative estimate of drug-likeness (QED) is 0.120. The monoisotopic (exact) mass is 617 g/mol. The molecule has 0 saturated heterocycles. The molecule has 0 unspecified atom stereocenters. The zero-order valence-corrected chi connectivity index (χ0v) is 25.0. The van der Waals surface area contributed by atoms with Crippen molar-refractivity contribution in [2.45, 2.75) is 57.5 Å². The number of nitrogens with one attached hydrogen (secondary N) is 3. The zero-order valence-electron chi connectivity index (χ0n) is 24.0. The van der Waals surface area contributed by atoms with Crippen molar-refractivity contribution >= 4 is 41.2 Å². The normalized spacial score (nSPS) is 11.8. The van der Waals surface area contributed by atoms with Crippen LogP contribution in [0.4, 0.5) is 22.8 Å². The first-order chi connectivity index (χ1) is 20.7. The summed E-state index contributed by atoms with van der Waals surface area (Å²) in [7, 11) is -2.18. The summed E-state index contributed by atoms with van der Waals surface area (Å²) in [6.07, 6.45) is 4.14. The van der Waals surface area contributed by atoms with E-state index in [2.05, 4.69) is 101 Å². The smallest absolute Gasteiger partial charge is 0.331 e. The number of hydrogen-bond donors (Lipinski definition) is 3. The van der Waals surface area contributed by atoms with Crippen LogP contribution < -0.4 is 32.0 Å². The van der Waals surface area contributed by atoms with Gasteiger partial charge in [-0.1, -0.05) is 0 Å². The third-order valence-electron chi connectivity index (χ3n) is 7.26. The standard InChI is InChI=1S/C32H39F3N3O4P/c33-32(34,35)29(39)42-38-31(41)37-30(40)36-24-16-5-3-1-2-4-6-17-25-43(26-18-10-7-11-19-26,27-20-12-8-13-21-27)28-22-14-9-15-23-28/h7-15,18-23,43H,1-6,16-17,24-25H2,(H3,36,37,38,40,41). The van der Waals surface area contributed by atoms with Crippen LogP contribution in [0.2, 0.25) is 0 Å². The van der Waals surface area contributed by atoms with Gasteiger partial charge < -0.3 is 4.84 Å². The van der Waals surface area contributed by atoms with Crippen molar-refractivity contribution in [2.24, 2.45) is 0 Å². The average molecular weight is 618 g/mol. The molecule has 3 aromatic rings. The van der Waals surface area contributed by atoms with Gasteiger partial charge in [-0.05, 0) is 0 Å². The fourth-order valence-electron chi connectivity index (χ4n) is 5.20. The first-order valence-corrected chi connectivity index (χ1v) is 16.7. The van der Waals surface area contributed by atoms with Crippen molar-refractivity contribution < 1.29 is 32.4 Å². The van der Waals surface area contributed by atoms with Crippen molar-refractivity contribution in [3.8, 4) is 0 Å². The third-order valence-corrected chi connectivity index (χ3v) is 12.3. The molecular weight excluding hydrogens is 578 g/mol. The summed E-state index contributed by atoms with van der Waals surface area (Å²) in [5.41, 5.74) is 1.21. The van der Waals surface area contributed by atoms with E-state index in [1.807, 2.05) is 0 Å². The van der Waals surface area contributed by atoms with Crippen LogP contribution in [0.15, 0.2) is 91.0 Å². The van der Waals surface area contributed by atoms with Gasteiger partial charge in [0, 0.05) is 0 Å². The summed E-state index contributed by atoms with van der Waals surface area (Å²) in [5.74, 6) is -2.59. The van der Waals surface area contributed by atoms with E-state index in [1.54, 1.807) is 5.32 Å². The minimum atomic E-state index is -5.25. The Kier molecular flexibility index (Phi) is 13.5. The maximum Gasteiger partial charge on any atom is 0.493 e. The second kappa shape index (κ2) is 17.3. The third kappa shape index (κ3) is 10.7. The molecule has 0 aliphatic heterocycles. The SMILES string of the molecule is O=C(NCCCCCCCCCC[PH](c1ccccc1)(c1ccccc1)c1ccccc1)NC(=O)NOC(=O)C(F)(F)F. The maximum atomic E-state index is 12.0. The summed E-state index contributed by atoms with van der Waals surface area (Å²) >= 11 is 0. The number of rotatable bonds is 14. The van der Waals surface area contributed by atoms with Gasteiger partial charge in [-0.15, -0.1) is 0 Å². The number of alkyl halides is 3. The minimum absolute atomic E-state index is 0.298. The Hall–Kier alpha value is -3.91. The predicted octanol–water partition coefficient (Wildman–Crippen LogP) is 5.86. The number of hydroxylamine groups is 1. The van der Waals surface area contributed by atoms with Gasteiger partial charge in [-0.25, -0.2) is 14.4 Å². The van der Waals surface area contributed by atoms with Gasteiger partial charge in [0.2, 0.25) is 0 Å². The number of benzene rings is 3. The van der Waals surface area contributed by atoms with Crippen LogP contribution in [0.5, 0.6) is 0 Å². The molecule has 43 heavy (non-hydrogen) atoms. The number of carbonyl (C=O) groups is 3. The number of amides is 4. The summed E-state index contributed by atoms with van der Waals surface area (Å²) in [6.45, 7) is 0.298. The molecule has 7 nitrogen and oxygen atoms in total. The van der Waals surface area contributed by atoms with Crippen molar-refractivity contribution in [3.63, 3.8) is 0 Å². The molecule has 0 aromatic heterocycles. The molecule has 11 heteroatoms. The fourth-order valence-corrected chi connectivity index (χ4v) is 10.1. The molecule has 0 aliphatic carbocycles. The van der Waals surface area contributed by atoms with E-state index < -0.39 is 31.5 Å². The molecular formula is C32H39F3N3O4P. The molecule has 0 atom stereocenters. The summed E-state index contributed by atoms with van der Waals surface area (Å²) in [5, 5.41) is 8.44. The molecule has 0 fully saturated rings. The molecule has 0 spiro atoms. The summed E-state index contributed by atoms with van der Waals surface area (Å²) < 4.78 is 36.1. The van der Waals surface area contributed by atoms with Crippen LogP contribution in [0.25, 0.3) is 0 Å². The average Bonchev–Trinajstić information content (AvgIpc) is 3.01. The van der Waals surface area contributed by atoms with Crippen molar-refractivity contribution in [2.75, 3.05) is 12.7 Å². The molecule has 3 rings (SSSR count). The molecule has 0 aliphatic rings. The van der Waals surface area contributed by atoms with E-state index in [0.717, 1.165) is 51.1 Å². The fraction of sp³-hybridized carbons (Fsp3) is 0.344. The van der Waals surface area contributed by atoms with Gasteiger partial charge in [-0.2, -0.15) is 18.7 Å². The Morgan fingerprint density at radius 2 is 1.02 bits per heavy atom. The van der Waals surface area contributed by atoms with E-state index in [4.69, 9.17) is 0 Å². The van der Waals surface area contributed by atoms with Crippen LogP contribution in [0, 0.1) is 0 Å². The van der Waals surface area contributed by atoms with E-state index in [1.165, 1.54) is 21.4 Å². The molecule has 3 aromatic carbocycles. The van der Waals surface area contributed by atoms with Gasteiger partial charge in [0.1, 0.15) is 0 Å². The second-order valence-electron chi connectivity index (χ2n) is 10.3. The maximum absolute atomic E-state index is 12.0. The molecule has 0 radical (unpaired) electrons. The first kappa shape index (κ1) is 33.6. The van der Waals surface area contributed by atoms with E-state index in [9.17, 15) is 27.6 Å². The molecule has 3 N–H and O–H groups in total. The Bertz CT molecular complexity index is 1180. The van der Waals surface area contributed by atoms with Crippen LogP contribution in [0.1, 0.15) is 51.4 Å². The van der Waals surface area contributed by atoms with Crippen LogP contribution in [0.3, 0.4) is 0 Å². The van der Waals surface area contributed by atoms with Gasteiger partial charge in [0.15, 0.2) is 0 Å². The summed E-state index contributed by atoms with van der Waals surface area (Å²) in [6, 6.07) is 30.5. The van der Waals surface area contributed by atoms with E-state index in [0.29, 0.717) is 13.0 Å². The Morgan fingerprint density at radius 1 is 0.605 bits per heavy atom. The van der Waals surface area contributed by atoms with Crippen LogP contribution in [-0.4, -0.2) is 36.9 Å². The molecule has 0 bridgehead atoms. The Labute approximate surface area is 250 Å². The molecule has 4 amide bonds. The molecule has 232 valence electrons. The molecule has 0 saturated carbocycles. The largest absolute Gasteiger partial charge is 0.493 e. The van der Waals surface area contributed by atoms with Gasteiger partial charge in [0.05, 0.1) is 0 Å². The first-order valence-electron chi connectivity index (χ1n) is 14.5. The second-order valence-corrected chi connectivity index (χ2v) is 14.3. The summed E-state index contributed by atoms with van der Waals surface area (Å²) in [4.78, 5) is 37.0. The van der Waals surface area contributed by atoms with Crippen LogP contribution in [-0.2, 0) is 9.63 Å². The predicted molar refractivity (Wildman–Crippen MR) is 166 cm³/mol. The van der Waals surface area contributed by atoms with Crippen LogP contribution >= 0.6 is 7.26 Å². The molecule has 0 heterocycles. The number of urea groups is 2. The van der Waals surface area contributed by atoms with E-state index in [-0.39, 0.29) is 0 Å². The van der Waals surface area contributed by atoms with Gasteiger partial charge in [-0.3, -0.25) is 5.32 Å². The zero-order chi connectivity index (χ0) is 31.0. The Balaban J connectivity index is 1.35. The topological polar surface area (TPSA) is 96.5 Å². The minimum Gasteiger partial charge on any atom is -0.331 e. The number of hydrogen-bond acceptors (Lipinski definition) is 4. The van der Waals surface area contributed by atoms with E-state index >= 15 is 0 Å². The van der Waals surface area contributed by atoms with Crippen molar-refractivity contribution in [1.82, 2.24) is 16.1 Å². The number of unbranched alkanes of at least 4 members (excludes halogenated alkanes) is 7. The van der Waals surface area contributed by atoms with Crippen molar-refractivity contribution in [1.29, 1.82) is 0 Å². The van der Waals surface area contributed by atoms with Crippen molar-refractivity contribution in [3.05, 3.63) is 91.0 Å². The number of halogens is 3. The Morgan fingerprint density at radius 3 is 1.47 bits per heavy atom. The number of carbonyl (C=O) groups excluding carboxylic acids is 3. The van der Waals surface area contributed by atoms with Gasteiger partial charge >= 0.3 is 208 Å². The number of imide groups is 1.